The van der Waals surface area contributed by atoms with Crippen LogP contribution >= 0.6 is 0 Å². The van der Waals surface area contributed by atoms with E-state index in [1.54, 1.807) is 45.0 Å². The molecular weight excluding hydrogens is 961 g/mol. The van der Waals surface area contributed by atoms with Crippen LogP contribution in [-0.2, 0) is 20.7 Å². The minimum atomic E-state index is -0.678. The van der Waals surface area contributed by atoms with Crippen molar-refractivity contribution in [1.29, 1.82) is 0 Å². The lowest BCUT2D eigenvalue weighted by Crippen LogP contribution is -2.57. The van der Waals surface area contributed by atoms with Crippen molar-refractivity contribution < 1.29 is 37.5 Å². The van der Waals surface area contributed by atoms with E-state index in [1.807, 2.05) is 37.8 Å². The van der Waals surface area contributed by atoms with Gasteiger partial charge in [0.05, 0.1) is 23.2 Å². The highest BCUT2D eigenvalue weighted by Crippen LogP contribution is 2.32. The molecule has 4 aliphatic heterocycles. The van der Waals surface area contributed by atoms with Crippen LogP contribution in [0.25, 0.3) is 10.8 Å². The highest BCUT2D eigenvalue weighted by molar-refractivity contribution is 5.98. The first-order valence-electron chi connectivity index (χ1n) is 27.2. The molecule has 1 aromatic heterocycles. The van der Waals surface area contributed by atoms with Gasteiger partial charge >= 0.3 is 6.09 Å². The summed E-state index contributed by atoms with van der Waals surface area (Å²) in [6, 6.07) is 15.3. The maximum Gasteiger partial charge on any atom is 0.410 e. The highest BCUT2D eigenvalue weighted by atomic mass is 19.1. The number of amides is 5. The van der Waals surface area contributed by atoms with E-state index in [-0.39, 0.29) is 34.8 Å². The van der Waals surface area contributed by atoms with E-state index < -0.39 is 41.2 Å². The van der Waals surface area contributed by atoms with Crippen LogP contribution in [0.1, 0.15) is 122 Å². The number of likely N-dealkylation sites (tertiary alicyclic amines) is 2. The quantitative estimate of drug-likeness (QED) is 0.161. The van der Waals surface area contributed by atoms with Crippen molar-refractivity contribution in [3.63, 3.8) is 0 Å². The first kappa shape index (κ1) is 53.6. The van der Waals surface area contributed by atoms with Gasteiger partial charge in [-0.3, -0.25) is 33.8 Å². The van der Waals surface area contributed by atoms with Gasteiger partial charge in [0.25, 0.3) is 17.4 Å². The van der Waals surface area contributed by atoms with Crippen LogP contribution in [0.5, 0.6) is 0 Å². The highest BCUT2D eigenvalue weighted by Gasteiger charge is 2.37. The van der Waals surface area contributed by atoms with E-state index in [0.29, 0.717) is 117 Å². The van der Waals surface area contributed by atoms with E-state index in [1.165, 1.54) is 18.2 Å². The third-order valence-electron chi connectivity index (χ3n) is 16.0. The smallest absolute Gasteiger partial charge is 0.410 e. The number of piperidine rings is 2. The van der Waals surface area contributed by atoms with Gasteiger partial charge in [0, 0.05) is 95.3 Å². The van der Waals surface area contributed by atoms with Gasteiger partial charge in [0.2, 0.25) is 11.8 Å². The Bertz CT molecular complexity index is 2770. The van der Waals surface area contributed by atoms with E-state index in [2.05, 4.69) is 25.3 Å². The van der Waals surface area contributed by atoms with Crippen molar-refractivity contribution >= 4 is 40.5 Å². The van der Waals surface area contributed by atoms with Crippen LogP contribution in [0.2, 0.25) is 0 Å². The lowest BCUT2D eigenvalue weighted by molar-refractivity contribution is -0.137. The van der Waals surface area contributed by atoms with Crippen LogP contribution in [0.15, 0.2) is 65.5 Å². The molecule has 1 unspecified atom stereocenters. The molecular formula is C57H73F2N9O7. The number of aromatic nitrogens is 2. The molecule has 9 rings (SSSR count). The summed E-state index contributed by atoms with van der Waals surface area (Å²) in [5.41, 5.74) is 1.02. The molecule has 5 amide bonds. The predicted octanol–water partition coefficient (Wildman–Crippen LogP) is 6.43. The number of H-pyrrole nitrogens is 1. The van der Waals surface area contributed by atoms with Gasteiger partial charge in [0.15, 0.2) is 0 Å². The molecule has 2 N–H and O–H groups in total. The molecule has 402 valence electrons. The Hall–Kier alpha value is -6.27. The van der Waals surface area contributed by atoms with Crippen LogP contribution in [-0.4, -0.2) is 173 Å². The minimum Gasteiger partial charge on any atom is -0.444 e. The predicted molar refractivity (Wildman–Crippen MR) is 280 cm³/mol. The number of carbonyl (C=O) groups is 5. The molecule has 2 atom stereocenters. The molecule has 0 radical (unpaired) electrons. The molecule has 1 aliphatic carbocycles. The SMILES string of the molecule is CC(C)(C)OC(=O)N1CCCC(c2cc(C(=O)N[C@@H](C(=O)N3CCN(CC4CCN(CC(=O)N5CCN(C(=O)c6cc(Cc7n[nH]c(=O)c8ccccc78)ccc6F)CC5)CC4)CC3)C3CCCCC3)ccc2F)C1. The number of aromatic amines is 1. The zero-order valence-corrected chi connectivity index (χ0v) is 43.8. The molecule has 5 aliphatic rings. The van der Waals surface area contributed by atoms with Gasteiger partial charge in [-0.25, -0.2) is 18.7 Å². The van der Waals surface area contributed by atoms with Gasteiger partial charge in [-0.15, -0.1) is 0 Å². The van der Waals surface area contributed by atoms with E-state index in [4.69, 9.17) is 4.74 Å². The number of ether oxygens (including phenoxy) is 1. The van der Waals surface area contributed by atoms with E-state index in [9.17, 15) is 28.8 Å². The van der Waals surface area contributed by atoms with Gasteiger partial charge in [0.1, 0.15) is 23.3 Å². The molecule has 75 heavy (non-hydrogen) atoms. The first-order valence-corrected chi connectivity index (χ1v) is 27.2. The molecule has 0 spiro atoms. The van der Waals surface area contributed by atoms with Gasteiger partial charge in [-0.05, 0) is 132 Å². The normalized spacial score (nSPS) is 20.3. The number of nitrogens with zero attached hydrogens (tertiary/aromatic N) is 7. The van der Waals surface area contributed by atoms with Crippen molar-refractivity contribution in [2.75, 3.05) is 91.6 Å². The van der Waals surface area contributed by atoms with Crippen molar-refractivity contribution in [2.45, 2.75) is 103 Å². The number of nitrogens with one attached hydrogen (secondary N) is 2. The van der Waals surface area contributed by atoms with Crippen molar-refractivity contribution in [2.24, 2.45) is 11.8 Å². The molecule has 4 aromatic rings. The standard InChI is InChI=1S/C57H73F2N9O7/c1-57(2,3)75-56(74)68-21-9-12-42(36-68)45-34-41(16-18-47(45)58)52(70)60-51(40-10-5-4-6-11-40)55(73)67-26-24-64(25-27-67)35-38-19-22-63(23-20-38)37-50(69)65-28-30-66(31-29-65)54(72)46-32-39(15-17-48(46)59)33-49-43-13-7-8-14-44(43)53(71)62-61-49/h7-8,13-18,32,34,38,40,42,51H,4-6,9-12,19-31,33,35-37H2,1-3H3,(H,60,70)(H,62,71)/t42?,51-/m1/s1. The van der Waals surface area contributed by atoms with Crippen LogP contribution in [0, 0.1) is 23.5 Å². The molecule has 16 nitrogen and oxygen atoms in total. The average Bonchev–Trinajstić information content (AvgIpc) is 3.42. The third-order valence-corrected chi connectivity index (χ3v) is 16.0. The van der Waals surface area contributed by atoms with Gasteiger partial charge < -0.3 is 29.7 Å². The van der Waals surface area contributed by atoms with Crippen molar-refractivity contribution in [3.05, 3.63) is 111 Å². The van der Waals surface area contributed by atoms with Gasteiger partial charge in [-0.1, -0.05) is 43.5 Å². The lowest BCUT2D eigenvalue weighted by atomic mass is 9.83. The average molecular weight is 1030 g/mol. The monoisotopic (exact) mass is 1030 g/mol. The zero-order valence-electron chi connectivity index (χ0n) is 43.8. The number of halogens is 2. The largest absolute Gasteiger partial charge is 0.444 e. The third kappa shape index (κ3) is 13.2. The van der Waals surface area contributed by atoms with Crippen LogP contribution < -0.4 is 10.9 Å². The molecule has 3 aromatic carbocycles. The number of benzene rings is 3. The minimum absolute atomic E-state index is 0.0157. The summed E-state index contributed by atoms with van der Waals surface area (Å²) in [7, 11) is 0. The summed E-state index contributed by atoms with van der Waals surface area (Å²) in [6.45, 7) is 13.0. The Labute approximate surface area is 438 Å². The second-order valence-corrected chi connectivity index (χ2v) is 22.4. The molecule has 4 saturated heterocycles. The second kappa shape index (κ2) is 23.7. The first-order chi connectivity index (χ1) is 36.1. The Balaban J connectivity index is 0.714. The molecule has 0 bridgehead atoms. The maximum absolute atomic E-state index is 15.4. The summed E-state index contributed by atoms with van der Waals surface area (Å²) in [5, 5.41) is 11.1. The number of carbonyl (C=O) groups excluding carboxylic acids is 5. The zero-order chi connectivity index (χ0) is 52.8. The summed E-state index contributed by atoms with van der Waals surface area (Å²) in [4.78, 5) is 92.2. The van der Waals surface area contributed by atoms with E-state index >= 15 is 8.78 Å². The Morgan fingerprint density at radius 2 is 1.40 bits per heavy atom. The molecule has 5 heterocycles. The maximum atomic E-state index is 15.4. The number of rotatable bonds is 12. The van der Waals surface area contributed by atoms with Crippen molar-refractivity contribution in [3.8, 4) is 0 Å². The number of hydrogen-bond donors (Lipinski definition) is 2. The van der Waals surface area contributed by atoms with Crippen LogP contribution in [0.4, 0.5) is 13.6 Å². The fraction of sp³-hybridized carbons (Fsp3) is 0.561. The fourth-order valence-corrected chi connectivity index (χ4v) is 11.8. The summed E-state index contributed by atoms with van der Waals surface area (Å²) < 4.78 is 36.1. The topological polar surface area (TPSA) is 172 Å². The number of fused-ring (bicyclic) bond motifs is 1. The molecule has 18 heteroatoms. The Morgan fingerprint density at radius 1 is 0.720 bits per heavy atom. The van der Waals surface area contributed by atoms with Crippen molar-refractivity contribution in [1.82, 2.24) is 44.9 Å². The molecule has 1 saturated carbocycles. The summed E-state index contributed by atoms with van der Waals surface area (Å²) in [5.74, 6) is -1.71. The molecule has 5 fully saturated rings. The second-order valence-electron chi connectivity index (χ2n) is 22.4. The summed E-state index contributed by atoms with van der Waals surface area (Å²) >= 11 is 0. The number of hydrogen-bond acceptors (Lipinski definition) is 10. The Morgan fingerprint density at radius 3 is 2.12 bits per heavy atom. The summed E-state index contributed by atoms with van der Waals surface area (Å²) in [6.07, 6.45) is 7.95. The van der Waals surface area contributed by atoms with E-state index in [0.717, 1.165) is 77.7 Å². The number of piperazine rings is 2. The Kier molecular flexibility index (Phi) is 16.9. The fourth-order valence-electron chi connectivity index (χ4n) is 11.8. The van der Waals surface area contributed by atoms with Crippen LogP contribution in [0.3, 0.4) is 0 Å². The lowest BCUT2D eigenvalue weighted by Gasteiger charge is -2.41. The van der Waals surface area contributed by atoms with Gasteiger partial charge in [-0.2, -0.15) is 5.10 Å².